The Morgan fingerprint density at radius 2 is 2.15 bits per heavy atom. The highest BCUT2D eigenvalue weighted by Crippen LogP contribution is 2.47. The van der Waals surface area contributed by atoms with E-state index in [9.17, 15) is 0 Å². The summed E-state index contributed by atoms with van der Waals surface area (Å²) in [6, 6.07) is 6.74. The Morgan fingerprint density at radius 3 is 2.69 bits per heavy atom. The van der Waals surface area contributed by atoms with Crippen LogP contribution >= 0.6 is 0 Å². The first kappa shape index (κ1) is 8.76. The molecular formula is C12H17N. The number of aryl methyl sites for hydroxylation is 2. The molecule has 0 spiro atoms. The highest BCUT2D eigenvalue weighted by molar-refractivity contribution is 5.36. The average Bonchev–Trinajstić information content (AvgIpc) is 2.83. The van der Waals surface area contributed by atoms with Gasteiger partial charge < -0.3 is 5.73 Å². The van der Waals surface area contributed by atoms with Gasteiger partial charge >= 0.3 is 0 Å². The van der Waals surface area contributed by atoms with Crippen molar-refractivity contribution < 1.29 is 0 Å². The lowest BCUT2D eigenvalue weighted by Gasteiger charge is -2.05. The summed E-state index contributed by atoms with van der Waals surface area (Å²) in [6.07, 6.45) is 1.29. The van der Waals surface area contributed by atoms with Crippen molar-refractivity contribution in [1.82, 2.24) is 0 Å². The minimum absolute atomic E-state index is 0.751. The summed E-state index contributed by atoms with van der Waals surface area (Å²) in [5.74, 6) is 1.51. The van der Waals surface area contributed by atoms with Gasteiger partial charge in [-0.05, 0) is 49.8 Å². The molecule has 1 nitrogen and oxygen atoms in total. The Hall–Kier alpha value is -0.820. The third kappa shape index (κ3) is 1.61. The zero-order valence-corrected chi connectivity index (χ0v) is 8.38. The van der Waals surface area contributed by atoms with Crippen molar-refractivity contribution in [3.63, 3.8) is 0 Å². The Labute approximate surface area is 80.0 Å². The second-order valence-corrected chi connectivity index (χ2v) is 4.20. The lowest BCUT2D eigenvalue weighted by Crippen LogP contribution is -2.02. The molecule has 70 valence electrons. The van der Waals surface area contributed by atoms with Gasteiger partial charge in [0.2, 0.25) is 0 Å². The molecule has 1 aliphatic rings. The standard InChI is InChI=1S/C12H17N/c1-8-3-4-11(9(2)5-8)12-6-10(12)7-13/h3-5,10,12H,6-7,13H2,1-2H3. The maximum Gasteiger partial charge on any atom is -0.00428 e. The predicted molar refractivity (Wildman–Crippen MR) is 55.8 cm³/mol. The van der Waals surface area contributed by atoms with Crippen LogP contribution in [-0.2, 0) is 0 Å². The molecule has 13 heavy (non-hydrogen) atoms. The monoisotopic (exact) mass is 175 g/mol. The Morgan fingerprint density at radius 1 is 1.38 bits per heavy atom. The van der Waals surface area contributed by atoms with Gasteiger partial charge in [0.05, 0.1) is 0 Å². The molecule has 0 bridgehead atoms. The van der Waals surface area contributed by atoms with Gasteiger partial charge in [0, 0.05) is 0 Å². The number of nitrogens with two attached hydrogens (primary N) is 1. The molecule has 0 amide bonds. The topological polar surface area (TPSA) is 26.0 Å². The van der Waals surface area contributed by atoms with Crippen molar-refractivity contribution in [3.8, 4) is 0 Å². The van der Waals surface area contributed by atoms with Gasteiger partial charge in [0.15, 0.2) is 0 Å². The normalized spacial score (nSPS) is 26.1. The van der Waals surface area contributed by atoms with E-state index in [2.05, 4.69) is 32.0 Å². The van der Waals surface area contributed by atoms with Gasteiger partial charge in [-0.15, -0.1) is 0 Å². The van der Waals surface area contributed by atoms with E-state index in [1.54, 1.807) is 0 Å². The zero-order valence-electron chi connectivity index (χ0n) is 8.38. The lowest BCUT2D eigenvalue weighted by atomic mass is 10.0. The molecule has 2 unspecified atom stereocenters. The number of rotatable bonds is 2. The first-order valence-corrected chi connectivity index (χ1v) is 4.99. The summed E-state index contributed by atoms with van der Waals surface area (Å²) in [7, 11) is 0. The van der Waals surface area contributed by atoms with Gasteiger partial charge in [0.1, 0.15) is 0 Å². The molecule has 2 atom stereocenters. The van der Waals surface area contributed by atoms with Crippen LogP contribution in [-0.4, -0.2) is 6.54 Å². The molecule has 1 heteroatoms. The second kappa shape index (κ2) is 3.15. The van der Waals surface area contributed by atoms with Crippen molar-refractivity contribution in [1.29, 1.82) is 0 Å². The van der Waals surface area contributed by atoms with Crippen LogP contribution in [0.5, 0.6) is 0 Å². The molecule has 0 aromatic heterocycles. The second-order valence-electron chi connectivity index (χ2n) is 4.20. The molecule has 0 saturated heterocycles. The van der Waals surface area contributed by atoms with E-state index in [0.29, 0.717) is 0 Å². The van der Waals surface area contributed by atoms with Gasteiger partial charge in [-0.2, -0.15) is 0 Å². The van der Waals surface area contributed by atoms with Crippen LogP contribution < -0.4 is 5.73 Å². The Balaban J connectivity index is 2.22. The Kier molecular flexibility index (Phi) is 2.12. The van der Waals surface area contributed by atoms with Gasteiger partial charge in [0.25, 0.3) is 0 Å². The summed E-state index contributed by atoms with van der Waals surface area (Å²) in [6.45, 7) is 5.19. The highest BCUT2D eigenvalue weighted by Gasteiger charge is 2.37. The molecule has 0 aliphatic heterocycles. The first-order valence-electron chi connectivity index (χ1n) is 4.99. The summed E-state index contributed by atoms with van der Waals surface area (Å²) >= 11 is 0. The van der Waals surface area contributed by atoms with Crippen molar-refractivity contribution >= 4 is 0 Å². The minimum Gasteiger partial charge on any atom is -0.330 e. The van der Waals surface area contributed by atoms with Crippen LogP contribution in [0.25, 0.3) is 0 Å². The number of hydrogen-bond acceptors (Lipinski definition) is 1. The van der Waals surface area contributed by atoms with Crippen molar-refractivity contribution in [2.75, 3.05) is 6.54 Å². The third-order valence-corrected chi connectivity index (χ3v) is 3.05. The fraction of sp³-hybridized carbons (Fsp3) is 0.500. The molecular weight excluding hydrogens is 158 g/mol. The van der Waals surface area contributed by atoms with Crippen LogP contribution in [0, 0.1) is 19.8 Å². The van der Waals surface area contributed by atoms with Crippen LogP contribution in [0.4, 0.5) is 0 Å². The number of hydrogen-bond donors (Lipinski definition) is 1. The van der Waals surface area contributed by atoms with Crippen molar-refractivity contribution in [3.05, 3.63) is 34.9 Å². The largest absolute Gasteiger partial charge is 0.330 e. The average molecular weight is 175 g/mol. The van der Waals surface area contributed by atoms with E-state index in [1.165, 1.54) is 23.1 Å². The van der Waals surface area contributed by atoms with E-state index in [4.69, 9.17) is 5.73 Å². The summed E-state index contributed by atoms with van der Waals surface area (Å²) < 4.78 is 0. The van der Waals surface area contributed by atoms with Crippen LogP contribution in [0.3, 0.4) is 0 Å². The summed E-state index contributed by atoms with van der Waals surface area (Å²) in [5, 5.41) is 0. The molecule has 0 heterocycles. The molecule has 0 radical (unpaired) electrons. The number of benzene rings is 1. The fourth-order valence-corrected chi connectivity index (χ4v) is 2.13. The zero-order chi connectivity index (χ0) is 9.42. The third-order valence-electron chi connectivity index (χ3n) is 3.05. The van der Waals surface area contributed by atoms with E-state index in [-0.39, 0.29) is 0 Å². The first-order chi connectivity index (χ1) is 6.22. The van der Waals surface area contributed by atoms with Crippen LogP contribution in [0.1, 0.15) is 29.0 Å². The maximum absolute atomic E-state index is 5.64. The molecule has 1 saturated carbocycles. The van der Waals surface area contributed by atoms with Gasteiger partial charge in [-0.25, -0.2) is 0 Å². The molecule has 1 fully saturated rings. The van der Waals surface area contributed by atoms with Gasteiger partial charge in [-0.1, -0.05) is 23.8 Å². The molecule has 2 rings (SSSR count). The summed E-state index contributed by atoms with van der Waals surface area (Å²) in [5.41, 5.74) is 9.94. The van der Waals surface area contributed by atoms with E-state index >= 15 is 0 Å². The minimum atomic E-state index is 0.751. The lowest BCUT2D eigenvalue weighted by molar-refractivity contribution is 0.807. The van der Waals surface area contributed by atoms with Gasteiger partial charge in [-0.3, -0.25) is 0 Å². The highest BCUT2D eigenvalue weighted by atomic mass is 14.6. The Bertz CT molecular complexity index is 317. The predicted octanol–water partition coefficient (Wildman–Crippen LogP) is 2.37. The maximum atomic E-state index is 5.64. The van der Waals surface area contributed by atoms with Crippen LogP contribution in [0.15, 0.2) is 18.2 Å². The molecule has 1 aromatic carbocycles. The van der Waals surface area contributed by atoms with E-state index in [0.717, 1.165) is 18.4 Å². The SMILES string of the molecule is Cc1ccc(C2CC2CN)c(C)c1. The van der Waals surface area contributed by atoms with E-state index < -0.39 is 0 Å². The molecule has 2 N–H and O–H groups in total. The summed E-state index contributed by atoms with van der Waals surface area (Å²) in [4.78, 5) is 0. The smallest absolute Gasteiger partial charge is 0.00428 e. The van der Waals surface area contributed by atoms with E-state index in [1.807, 2.05) is 0 Å². The fourth-order valence-electron chi connectivity index (χ4n) is 2.13. The van der Waals surface area contributed by atoms with Crippen molar-refractivity contribution in [2.45, 2.75) is 26.2 Å². The van der Waals surface area contributed by atoms with Crippen LogP contribution in [0.2, 0.25) is 0 Å². The molecule has 1 aliphatic carbocycles. The molecule has 1 aromatic rings. The quantitative estimate of drug-likeness (QED) is 0.733. The van der Waals surface area contributed by atoms with Crippen molar-refractivity contribution in [2.24, 2.45) is 11.7 Å².